The minimum absolute atomic E-state index is 0. The number of guanidine groups is 1. The van der Waals surface area contributed by atoms with Gasteiger partial charge < -0.3 is 10.6 Å². The van der Waals surface area contributed by atoms with Crippen molar-refractivity contribution in [1.29, 1.82) is 0 Å². The molecular formula is C15H29IN4O2S2. The number of nitrogens with zero attached hydrogens (tertiary/aromatic N) is 2. The quantitative estimate of drug-likeness (QED) is 0.366. The van der Waals surface area contributed by atoms with Crippen LogP contribution in [0.4, 0.5) is 0 Å². The van der Waals surface area contributed by atoms with Gasteiger partial charge in [0.15, 0.2) is 15.8 Å². The maximum absolute atomic E-state index is 12.1. The third kappa shape index (κ3) is 7.22. The van der Waals surface area contributed by atoms with E-state index >= 15 is 0 Å². The molecule has 0 saturated heterocycles. The van der Waals surface area contributed by atoms with Crippen molar-refractivity contribution in [1.82, 2.24) is 15.6 Å². The second-order valence-electron chi connectivity index (χ2n) is 6.60. The molecule has 1 heterocycles. The highest BCUT2D eigenvalue weighted by atomic mass is 127. The summed E-state index contributed by atoms with van der Waals surface area (Å²) in [6.45, 7) is 10.3. The van der Waals surface area contributed by atoms with Gasteiger partial charge in [-0.1, -0.05) is 13.8 Å². The van der Waals surface area contributed by atoms with Crippen molar-refractivity contribution in [2.24, 2.45) is 4.99 Å². The molecule has 0 bridgehead atoms. The van der Waals surface area contributed by atoms with Crippen LogP contribution in [0.25, 0.3) is 0 Å². The largest absolute Gasteiger partial charge is 0.355 e. The van der Waals surface area contributed by atoms with E-state index in [0.29, 0.717) is 25.0 Å². The average molecular weight is 488 g/mol. The first-order chi connectivity index (χ1) is 10.6. The van der Waals surface area contributed by atoms with E-state index in [1.807, 2.05) is 0 Å². The molecule has 6 nitrogen and oxygen atoms in total. The molecular weight excluding hydrogens is 459 g/mol. The highest BCUT2D eigenvalue weighted by Crippen LogP contribution is 2.17. The molecule has 0 radical (unpaired) electrons. The van der Waals surface area contributed by atoms with E-state index in [4.69, 9.17) is 0 Å². The lowest BCUT2D eigenvalue weighted by Crippen LogP contribution is -2.41. The number of hydrogen-bond donors (Lipinski definition) is 2. The first-order valence-corrected chi connectivity index (χ1v) is 10.2. The molecule has 0 amide bonds. The lowest BCUT2D eigenvalue weighted by Gasteiger charge is -2.19. The Morgan fingerprint density at radius 3 is 2.42 bits per heavy atom. The average Bonchev–Trinajstić information content (AvgIpc) is 2.90. The lowest BCUT2D eigenvalue weighted by atomic mass is 10.2. The van der Waals surface area contributed by atoms with Gasteiger partial charge in [0.05, 0.1) is 22.7 Å². The third-order valence-electron chi connectivity index (χ3n) is 3.39. The van der Waals surface area contributed by atoms with Crippen molar-refractivity contribution in [3.63, 3.8) is 0 Å². The fraction of sp³-hybridized carbons (Fsp3) is 0.733. The number of aliphatic imine (C=N–C) groups is 1. The molecule has 0 unspecified atom stereocenters. The molecule has 0 aromatic carbocycles. The Kier molecular flexibility index (Phi) is 9.73. The van der Waals surface area contributed by atoms with E-state index in [9.17, 15) is 8.42 Å². The van der Waals surface area contributed by atoms with Gasteiger partial charge in [-0.3, -0.25) is 4.99 Å². The number of thiazole rings is 1. The van der Waals surface area contributed by atoms with Gasteiger partial charge in [0.2, 0.25) is 0 Å². The van der Waals surface area contributed by atoms with Gasteiger partial charge in [-0.25, -0.2) is 13.4 Å². The van der Waals surface area contributed by atoms with Crippen LogP contribution in [0.2, 0.25) is 0 Å². The normalized spacial score (nSPS) is 12.9. The molecule has 1 aromatic heterocycles. The topological polar surface area (TPSA) is 83.5 Å². The van der Waals surface area contributed by atoms with Crippen molar-refractivity contribution in [2.75, 3.05) is 19.3 Å². The summed E-state index contributed by atoms with van der Waals surface area (Å²) in [5.74, 6) is 1.07. The Balaban J connectivity index is 0.00000529. The minimum atomic E-state index is -3.13. The monoisotopic (exact) mass is 488 g/mol. The number of nitrogens with one attached hydrogen (secondary N) is 2. The zero-order valence-corrected chi connectivity index (χ0v) is 19.2. The van der Waals surface area contributed by atoms with Crippen molar-refractivity contribution in [3.05, 3.63) is 16.1 Å². The summed E-state index contributed by atoms with van der Waals surface area (Å²) in [5, 5.41) is 9.24. The molecule has 0 fully saturated rings. The van der Waals surface area contributed by atoms with Gasteiger partial charge in [0, 0.05) is 19.0 Å². The van der Waals surface area contributed by atoms with Crippen LogP contribution >= 0.6 is 35.3 Å². The molecule has 0 aliphatic carbocycles. The summed E-state index contributed by atoms with van der Waals surface area (Å²) in [6, 6.07) is 0. The standard InChI is InChI=1S/C15H28N4O2S2.HI/c1-11(2)12-10-22-13(19-12)9-18-14(16-6)17-7-8-23(20,21)15(3,4)5;/h10-11H,7-9H2,1-6H3,(H2,16,17,18);1H. The molecule has 24 heavy (non-hydrogen) atoms. The van der Waals surface area contributed by atoms with Gasteiger partial charge >= 0.3 is 0 Å². The van der Waals surface area contributed by atoms with Crippen molar-refractivity contribution in [2.45, 2.75) is 51.8 Å². The molecule has 1 aromatic rings. The van der Waals surface area contributed by atoms with Crippen LogP contribution in [-0.4, -0.2) is 43.5 Å². The van der Waals surface area contributed by atoms with Crippen LogP contribution in [0.15, 0.2) is 10.4 Å². The molecule has 0 aliphatic rings. The second-order valence-corrected chi connectivity index (χ2v) is 10.4. The molecule has 0 saturated carbocycles. The molecule has 2 N–H and O–H groups in total. The van der Waals surface area contributed by atoms with E-state index in [1.54, 1.807) is 39.2 Å². The number of hydrogen-bond acceptors (Lipinski definition) is 5. The van der Waals surface area contributed by atoms with E-state index < -0.39 is 14.6 Å². The van der Waals surface area contributed by atoms with Crippen LogP contribution in [0.1, 0.15) is 51.2 Å². The first-order valence-electron chi connectivity index (χ1n) is 7.68. The van der Waals surface area contributed by atoms with Gasteiger partial charge in [0.1, 0.15) is 5.01 Å². The highest BCUT2D eigenvalue weighted by molar-refractivity contribution is 14.0. The van der Waals surface area contributed by atoms with E-state index in [1.165, 1.54) is 0 Å². The Morgan fingerprint density at radius 1 is 1.33 bits per heavy atom. The minimum Gasteiger partial charge on any atom is -0.355 e. The third-order valence-corrected chi connectivity index (χ3v) is 6.86. The predicted molar refractivity (Wildman–Crippen MR) is 113 cm³/mol. The Bertz CT molecular complexity index is 634. The lowest BCUT2D eigenvalue weighted by molar-refractivity contribution is 0.559. The first kappa shape index (κ1) is 23.6. The summed E-state index contributed by atoms with van der Waals surface area (Å²) < 4.78 is 23.4. The molecule has 0 aliphatic heterocycles. The van der Waals surface area contributed by atoms with Crippen molar-refractivity contribution < 1.29 is 8.42 Å². The van der Waals surface area contributed by atoms with E-state index in [0.717, 1.165) is 10.7 Å². The molecule has 140 valence electrons. The zero-order valence-electron chi connectivity index (χ0n) is 15.2. The smallest absolute Gasteiger partial charge is 0.191 e. The van der Waals surface area contributed by atoms with Gasteiger partial charge in [-0.2, -0.15) is 0 Å². The number of halogens is 1. The molecule has 9 heteroatoms. The van der Waals surface area contributed by atoms with Crippen LogP contribution in [0, 0.1) is 0 Å². The van der Waals surface area contributed by atoms with Crippen molar-refractivity contribution >= 4 is 51.1 Å². The predicted octanol–water partition coefficient (Wildman–Crippen LogP) is 2.76. The SMILES string of the molecule is CN=C(NCCS(=O)(=O)C(C)(C)C)NCc1nc(C(C)C)cs1.I. The molecule has 0 atom stereocenters. The van der Waals surface area contributed by atoms with Crippen LogP contribution in [-0.2, 0) is 16.4 Å². The fourth-order valence-corrected chi connectivity index (χ4v) is 3.54. The van der Waals surface area contributed by atoms with Gasteiger partial charge in [0.25, 0.3) is 0 Å². The second kappa shape index (κ2) is 9.91. The Labute approximate surface area is 166 Å². The number of aromatic nitrogens is 1. The maximum Gasteiger partial charge on any atom is 0.191 e. The summed E-state index contributed by atoms with van der Waals surface area (Å²) in [7, 11) is -1.47. The Morgan fingerprint density at radius 2 is 1.96 bits per heavy atom. The molecule has 1 rings (SSSR count). The van der Waals surface area contributed by atoms with Crippen LogP contribution in [0.3, 0.4) is 0 Å². The number of sulfone groups is 1. The van der Waals surface area contributed by atoms with E-state index in [2.05, 4.69) is 39.8 Å². The van der Waals surface area contributed by atoms with Gasteiger partial charge in [-0.15, -0.1) is 35.3 Å². The number of rotatable bonds is 6. The summed E-state index contributed by atoms with van der Waals surface area (Å²) >= 11 is 1.61. The fourth-order valence-electron chi connectivity index (χ4n) is 1.66. The van der Waals surface area contributed by atoms with E-state index in [-0.39, 0.29) is 29.7 Å². The van der Waals surface area contributed by atoms with Crippen molar-refractivity contribution in [3.8, 4) is 0 Å². The summed E-state index contributed by atoms with van der Waals surface area (Å²) in [4.78, 5) is 8.65. The summed E-state index contributed by atoms with van der Waals surface area (Å²) in [5.41, 5.74) is 1.09. The highest BCUT2D eigenvalue weighted by Gasteiger charge is 2.28. The molecule has 0 spiro atoms. The van der Waals surface area contributed by atoms with Gasteiger partial charge in [-0.05, 0) is 26.7 Å². The van der Waals surface area contributed by atoms with Crippen LogP contribution in [0.5, 0.6) is 0 Å². The maximum atomic E-state index is 12.1. The van der Waals surface area contributed by atoms with Crippen LogP contribution < -0.4 is 10.6 Å². The summed E-state index contributed by atoms with van der Waals surface area (Å²) in [6.07, 6.45) is 0. The Hall–Kier alpha value is -0.420. The zero-order chi connectivity index (χ0) is 17.7.